The van der Waals surface area contributed by atoms with E-state index in [1.807, 2.05) is 24.3 Å². The van der Waals surface area contributed by atoms with E-state index in [0.717, 1.165) is 11.1 Å². The number of ether oxygens (including phenoxy) is 3. The summed E-state index contributed by atoms with van der Waals surface area (Å²) in [7, 11) is 2.58. The van der Waals surface area contributed by atoms with Gasteiger partial charge in [-0.25, -0.2) is 9.59 Å². The van der Waals surface area contributed by atoms with Crippen LogP contribution in [0.1, 0.15) is 17.0 Å². The maximum atomic E-state index is 11.5. The third kappa shape index (κ3) is 8.89. The molecule has 0 fully saturated rings. The first-order valence-corrected chi connectivity index (χ1v) is 12.3. The Morgan fingerprint density at radius 2 is 1.40 bits per heavy atom. The van der Waals surface area contributed by atoms with Gasteiger partial charge in [-0.3, -0.25) is 15.4 Å². The van der Waals surface area contributed by atoms with Crippen LogP contribution in [0.3, 0.4) is 0 Å². The molecule has 1 atom stereocenters. The summed E-state index contributed by atoms with van der Waals surface area (Å²) in [4.78, 5) is 33.7. The molecule has 0 radical (unpaired) electrons. The fourth-order valence-electron chi connectivity index (χ4n) is 3.79. The molecule has 0 unspecified atom stereocenters. The summed E-state index contributed by atoms with van der Waals surface area (Å²) in [5.41, 5.74) is 3.24. The number of aliphatic hydroxyl groups is 1. The molecule has 3 amide bonds. The zero-order valence-corrected chi connectivity index (χ0v) is 22.0. The number of anilines is 3. The molecule has 3 aromatic carbocycles. The number of methoxy groups -OCH3 is 2. The van der Waals surface area contributed by atoms with Gasteiger partial charge in [0, 0.05) is 36.4 Å². The monoisotopic (exact) mass is 552 g/mol. The minimum atomic E-state index is -0.852. The van der Waals surface area contributed by atoms with Crippen molar-refractivity contribution in [3.63, 3.8) is 0 Å². The van der Waals surface area contributed by atoms with Crippen LogP contribution in [0.15, 0.2) is 66.7 Å². The minimum absolute atomic E-state index is 0.0231. The van der Waals surface area contributed by atoms with Gasteiger partial charge in [-0.2, -0.15) is 0 Å². The first-order valence-electron chi connectivity index (χ1n) is 12.3. The van der Waals surface area contributed by atoms with Gasteiger partial charge in [0.2, 0.25) is 6.41 Å². The molecule has 0 aromatic heterocycles. The van der Waals surface area contributed by atoms with E-state index >= 15 is 0 Å². The number of hydrogen-bond donors (Lipinski definition) is 6. The summed E-state index contributed by atoms with van der Waals surface area (Å²) < 4.78 is 14.9. The lowest BCUT2D eigenvalue weighted by Gasteiger charge is -2.21. The lowest BCUT2D eigenvalue weighted by molar-refractivity contribution is -0.105. The third-order valence-electron chi connectivity index (χ3n) is 5.84. The van der Waals surface area contributed by atoms with E-state index in [0.29, 0.717) is 30.1 Å². The highest BCUT2D eigenvalue weighted by Crippen LogP contribution is 2.28. The number of amides is 3. The number of benzene rings is 3. The van der Waals surface area contributed by atoms with E-state index in [1.165, 1.54) is 32.4 Å². The van der Waals surface area contributed by atoms with Crippen LogP contribution in [0.4, 0.5) is 26.7 Å². The number of nitrogens with one attached hydrogen (secondary N) is 4. The van der Waals surface area contributed by atoms with E-state index in [1.54, 1.807) is 24.3 Å². The molecule has 0 aliphatic rings. The van der Waals surface area contributed by atoms with Crippen LogP contribution in [0.2, 0.25) is 0 Å². The van der Waals surface area contributed by atoms with Gasteiger partial charge in [-0.15, -0.1) is 0 Å². The first kappa shape index (κ1) is 29.7. The molecule has 0 spiro atoms. The molecule has 12 heteroatoms. The van der Waals surface area contributed by atoms with Crippen molar-refractivity contribution >= 4 is 35.7 Å². The Bertz CT molecular complexity index is 1210. The number of phenolic OH excluding ortho intramolecular Hbond substituents is 1. The molecule has 3 rings (SSSR count). The number of hydrogen-bond acceptors (Lipinski definition) is 9. The molecular formula is C28H32N4O8. The third-order valence-corrected chi connectivity index (χ3v) is 5.84. The van der Waals surface area contributed by atoms with Crippen molar-refractivity contribution in [2.45, 2.75) is 12.0 Å². The highest BCUT2D eigenvalue weighted by molar-refractivity contribution is 5.85. The standard InChI is InChI=1S/C28H32N4O8/c1-38-27(36)31-20-7-3-18(4-8-20)24(19-5-9-21(10-6-19)32-28(37)39-2)15-29-14-22(34)16-40-23-11-12-26(35)25(13-23)30-17-33/h3-13,17,22,24,29,34-35H,14-16H2,1-2H3,(H,30,33)(H,31,36)(H,32,37)/t22-/m0/s1. The highest BCUT2D eigenvalue weighted by atomic mass is 16.5. The molecule has 0 heterocycles. The summed E-state index contributed by atoms with van der Waals surface area (Å²) >= 11 is 0. The number of carbonyl (C=O) groups is 3. The van der Waals surface area contributed by atoms with E-state index in [4.69, 9.17) is 4.74 Å². The predicted octanol–water partition coefficient (Wildman–Crippen LogP) is 3.48. The summed E-state index contributed by atoms with van der Waals surface area (Å²) in [6.45, 7) is 0.653. The van der Waals surface area contributed by atoms with Crippen LogP contribution in [0.25, 0.3) is 0 Å². The van der Waals surface area contributed by atoms with Crippen molar-refractivity contribution in [2.24, 2.45) is 0 Å². The zero-order chi connectivity index (χ0) is 28.9. The molecule has 0 saturated carbocycles. The second-order valence-electron chi connectivity index (χ2n) is 8.59. The molecule has 0 aliphatic heterocycles. The maximum absolute atomic E-state index is 11.5. The van der Waals surface area contributed by atoms with Crippen LogP contribution < -0.4 is 26.0 Å². The molecule has 0 saturated heterocycles. The Hall–Kier alpha value is -4.81. The van der Waals surface area contributed by atoms with Crippen molar-refractivity contribution in [3.8, 4) is 11.5 Å². The zero-order valence-electron chi connectivity index (χ0n) is 22.0. The first-order chi connectivity index (χ1) is 19.3. The summed E-state index contributed by atoms with van der Waals surface area (Å²) in [6, 6.07) is 19.0. The summed E-state index contributed by atoms with van der Waals surface area (Å²) in [5.74, 6) is 0.137. The molecule has 212 valence electrons. The normalized spacial score (nSPS) is 11.3. The van der Waals surface area contributed by atoms with Crippen LogP contribution in [-0.4, -0.2) is 68.8 Å². The van der Waals surface area contributed by atoms with Crippen LogP contribution in [-0.2, 0) is 14.3 Å². The van der Waals surface area contributed by atoms with Gasteiger partial charge < -0.3 is 35.1 Å². The maximum Gasteiger partial charge on any atom is 0.411 e. The molecule has 0 aliphatic carbocycles. The topological polar surface area (TPSA) is 167 Å². The molecular weight excluding hydrogens is 520 g/mol. The summed E-state index contributed by atoms with van der Waals surface area (Å²) in [6.07, 6.45) is -1.55. The van der Waals surface area contributed by atoms with E-state index < -0.39 is 18.3 Å². The smallest absolute Gasteiger partial charge is 0.411 e. The van der Waals surface area contributed by atoms with Crippen LogP contribution >= 0.6 is 0 Å². The van der Waals surface area contributed by atoms with Crippen molar-refractivity contribution < 1.29 is 38.8 Å². The number of phenols is 1. The average molecular weight is 553 g/mol. The predicted molar refractivity (Wildman–Crippen MR) is 149 cm³/mol. The fourth-order valence-corrected chi connectivity index (χ4v) is 3.79. The van der Waals surface area contributed by atoms with E-state index in [9.17, 15) is 24.6 Å². The average Bonchev–Trinajstić information content (AvgIpc) is 2.97. The second kappa shape index (κ2) is 15.0. The van der Waals surface area contributed by atoms with Crippen molar-refractivity contribution in [2.75, 3.05) is 49.9 Å². The van der Waals surface area contributed by atoms with Gasteiger partial charge in [-0.05, 0) is 47.5 Å². The fraction of sp³-hybridized carbons (Fsp3) is 0.250. The van der Waals surface area contributed by atoms with Crippen LogP contribution in [0.5, 0.6) is 11.5 Å². The van der Waals surface area contributed by atoms with Gasteiger partial charge in [0.1, 0.15) is 24.2 Å². The lowest BCUT2D eigenvalue weighted by Crippen LogP contribution is -2.34. The Balaban J connectivity index is 1.65. The highest BCUT2D eigenvalue weighted by Gasteiger charge is 2.16. The van der Waals surface area contributed by atoms with Crippen molar-refractivity contribution in [1.29, 1.82) is 0 Å². The lowest BCUT2D eigenvalue weighted by atomic mass is 9.91. The summed E-state index contributed by atoms with van der Waals surface area (Å²) in [5, 5.41) is 31.1. The van der Waals surface area contributed by atoms with Gasteiger partial charge in [0.15, 0.2) is 0 Å². The molecule has 6 N–H and O–H groups in total. The van der Waals surface area contributed by atoms with Crippen LogP contribution in [0, 0.1) is 0 Å². The Morgan fingerprint density at radius 1 is 0.850 bits per heavy atom. The Labute approximate surface area is 231 Å². The van der Waals surface area contributed by atoms with Gasteiger partial charge in [-0.1, -0.05) is 24.3 Å². The van der Waals surface area contributed by atoms with E-state index in [-0.39, 0.29) is 30.5 Å². The molecule has 0 bridgehead atoms. The number of rotatable bonds is 13. The van der Waals surface area contributed by atoms with Gasteiger partial charge >= 0.3 is 12.2 Å². The van der Waals surface area contributed by atoms with Crippen molar-refractivity contribution in [3.05, 3.63) is 77.9 Å². The largest absolute Gasteiger partial charge is 0.506 e. The Kier molecular flexibility index (Phi) is 11.1. The molecule has 40 heavy (non-hydrogen) atoms. The Morgan fingerprint density at radius 3 is 1.90 bits per heavy atom. The molecule has 3 aromatic rings. The van der Waals surface area contributed by atoms with Crippen molar-refractivity contribution in [1.82, 2.24) is 5.32 Å². The number of aromatic hydroxyl groups is 1. The number of aliphatic hydroxyl groups excluding tert-OH is 1. The number of carbonyl (C=O) groups excluding carboxylic acids is 3. The minimum Gasteiger partial charge on any atom is -0.506 e. The SMILES string of the molecule is COC(=O)Nc1ccc(C(CNC[C@H](O)COc2ccc(O)c(NC=O)c2)c2ccc(NC(=O)OC)cc2)cc1. The second-order valence-corrected chi connectivity index (χ2v) is 8.59. The van der Waals surface area contributed by atoms with E-state index in [2.05, 4.69) is 30.7 Å². The molecule has 12 nitrogen and oxygen atoms in total. The van der Waals surface area contributed by atoms with Gasteiger partial charge in [0.25, 0.3) is 0 Å². The van der Waals surface area contributed by atoms with Gasteiger partial charge in [0.05, 0.1) is 19.9 Å². The quantitative estimate of drug-likeness (QED) is 0.137.